The maximum absolute atomic E-state index is 5.64. The summed E-state index contributed by atoms with van der Waals surface area (Å²) in [7, 11) is 3.24. The Labute approximate surface area is 163 Å². The van der Waals surface area contributed by atoms with Crippen molar-refractivity contribution in [3.63, 3.8) is 0 Å². The zero-order valence-corrected chi connectivity index (χ0v) is 15.7. The van der Waals surface area contributed by atoms with Gasteiger partial charge in [-0.25, -0.2) is 9.97 Å². The number of nitrogens with two attached hydrogens (primary N) is 1. The number of methoxy groups -OCH3 is 2. The van der Waals surface area contributed by atoms with Crippen LogP contribution in [0.3, 0.4) is 0 Å². The molecule has 0 radical (unpaired) electrons. The summed E-state index contributed by atoms with van der Waals surface area (Å²) in [6, 6.07) is 15.8. The molecule has 2 aromatic carbocycles. The molecule has 0 unspecified atom stereocenters. The van der Waals surface area contributed by atoms with E-state index < -0.39 is 0 Å². The van der Waals surface area contributed by atoms with Gasteiger partial charge in [0.2, 0.25) is 0 Å². The fraction of sp³-hybridized carbons (Fsp3) is 0.136. The van der Waals surface area contributed by atoms with Gasteiger partial charge >= 0.3 is 0 Å². The molecular formula is C22H20N4O2. The van der Waals surface area contributed by atoms with Gasteiger partial charge in [-0.15, -0.1) is 0 Å². The van der Waals surface area contributed by atoms with Gasteiger partial charge < -0.3 is 15.2 Å². The second kappa shape index (κ2) is 7.62. The number of benzene rings is 2. The molecule has 0 atom stereocenters. The number of aromatic nitrogens is 3. The lowest BCUT2D eigenvalue weighted by molar-refractivity contribution is 0.355. The minimum absolute atomic E-state index is 0.426. The van der Waals surface area contributed by atoms with Gasteiger partial charge in [-0.3, -0.25) is 4.98 Å². The molecule has 0 aliphatic carbocycles. The lowest BCUT2D eigenvalue weighted by Gasteiger charge is -2.11. The molecule has 0 saturated heterocycles. The Bertz CT molecular complexity index is 1130. The lowest BCUT2D eigenvalue weighted by atomic mass is 10.0. The third-order valence-corrected chi connectivity index (χ3v) is 4.66. The molecule has 28 heavy (non-hydrogen) atoms. The van der Waals surface area contributed by atoms with Gasteiger partial charge in [0.05, 0.1) is 31.1 Å². The molecule has 2 aromatic heterocycles. The van der Waals surface area contributed by atoms with Crippen molar-refractivity contribution >= 4 is 10.9 Å². The fourth-order valence-electron chi connectivity index (χ4n) is 3.17. The quantitative estimate of drug-likeness (QED) is 0.573. The van der Waals surface area contributed by atoms with Crippen LogP contribution >= 0.6 is 0 Å². The molecule has 2 heterocycles. The van der Waals surface area contributed by atoms with E-state index in [4.69, 9.17) is 15.2 Å². The molecule has 4 rings (SSSR count). The van der Waals surface area contributed by atoms with Crippen molar-refractivity contribution in [3.8, 4) is 33.9 Å². The molecule has 6 nitrogen and oxygen atoms in total. The second-order valence-corrected chi connectivity index (χ2v) is 6.27. The third-order valence-electron chi connectivity index (χ3n) is 4.66. The van der Waals surface area contributed by atoms with Crippen molar-refractivity contribution in [2.24, 2.45) is 5.73 Å². The van der Waals surface area contributed by atoms with Crippen LogP contribution in [0.1, 0.15) is 5.69 Å². The number of hydrogen-bond acceptors (Lipinski definition) is 6. The van der Waals surface area contributed by atoms with Crippen LogP contribution in [0.2, 0.25) is 0 Å². The molecular weight excluding hydrogens is 352 g/mol. The number of nitrogens with zero attached hydrogens (tertiary/aromatic N) is 3. The maximum Gasteiger partial charge on any atom is 0.161 e. The molecule has 0 aliphatic heterocycles. The van der Waals surface area contributed by atoms with E-state index in [1.165, 1.54) is 0 Å². The summed E-state index contributed by atoms with van der Waals surface area (Å²) in [5, 5.41) is 0.954. The first-order valence-electron chi connectivity index (χ1n) is 8.86. The minimum Gasteiger partial charge on any atom is -0.493 e. The summed E-state index contributed by atoms with van der Waals surface area (Å²) in [5.41, 5.74) is 11.2. The van der Waals surface area contributed by atoms with Crippen molar-refractivity contribution in [1.29, 1.82) is 0 Å². The first kappa shape index (κ1) is 17.9. The van der Waals surface area contributed by atoms with Crippen LogP contribution in [-0.4, -0.2) is 29.2 Å². The van der Waals surface area contributed by atoms with E-state index in [2.05, 4.69) is 21.0 Å². The van der Waals surface area contributed by atoms with E-state index in [0.717, 1.165) is 39.0 Å². The highest BCUT2D eigenvalue weighted by Crippen LogP contribution is 2.35. The average molecular weight is 372 g/mol. The highest BCUT2D eigenvalue weighted by Gasteiger charge is 2.12. The first-order chi connectivity index (χ1) is 13.7. The van der Waals surface area contributed by atoms with Gasteiger partial charge in [0, 0.05) is 29.3 Å². The SMILES string of the molecule is COc1ccc(-c2ncnc3ccc(-c4ccc(CN)nc4)cc23)cc1OC. The zero-order valence-electron chi connectivity index (χ0n) is 15.7. The van der Waals surface area contributed by atoms with E-state index in [1.54, 1.807) is 20.5 Å². The Morgan fingerprint density at radius 2 is 1.57 bits per heavy atom. The Hall–Kier alpha value is -3.51. The van der Waals surface area contributed by atoms with Gasteiger partial charge in [-0.2, -0.15) is 0 Å². The fourth-order valence-corrected chi connectivity index (χ4v) is 3.17. The van der Waals surface area contributed by atoms with Crippen LogP contribution in [0, 0.1) is 0 Å². The molecule has 0 spiro atoms. The van der Waals surface area contributed by atoms with Crippen molar-refractivity contribution < 1.29 is 9.47 Å². The van der Waals surface area contributed by atoms with Crippen LogP contribution in [0.15, 0.2) is 61.1 Å². The van der Waals surface area contributed by atoms with Gasteiger partial charge in [-0.1, -0.05) is 12.1 Å². The lowest BCUT2D eigenvalue weighted by Crippen LogP contribution is -1.98. The standard InChI is InChI=1S/C22H20N4O2/c1-27-20-8-5-15(10-21(20)28-2)22-18-9-14(4-7-19(18)25-13-26-22)16-3-6-17(11-23)24-12-16/h3-10,12-13H,11,23H2,1-2H3. The van der Waals surface area contributed by atoms with Crippen molar-refractivity contribution in [1.82, 2.24) is 15.0 Å². The Morgan fingerprint density at radius 1 is 0.786 bits per heavy atom. The van der Waals surface area contributed by atoms with Gasteiger partial charge in [0.1, 0.15) is 6.33 Å². The Kier molecular flexibility index (Phi) is 4.87. The molecule has 0 saturated carbocycles. The molecule has 0 fully saturated rings. The summed E-state index contributed by atoms with van der Waals surface area (Å²) in [6.45, 7) is 0.426. The largest absolute Gasteiger partial charge is 0.493 e. The predicted molar refractivity (Wildman–Crippen MR) is 109 cm³/mol. The van der Waals surface area contributed by atoms with Crippen LogP contribution in [-0.2, 0) is 6.54 Å². The van der Waals surface area contributed by atoms with Gasteiger partial charge in [-0.05, 0) is 42.0 Å². The number of ether oxygens (including phenoxy) is 2. The summed E-state index contributed by atoms with van der Waals surface area (Å²) < 4.78 is 10.8. The molecule has 0 amide bonds. The van der Waals surface area contributed by atoms with E-state index in [1.807, 2.05) is 48.7 Å². The Morgan fingerprint density at radius 3 is 2.29 bits per heavy atom. The molecule has 6 heteroatoms. The predicted octanol–water partition coefficient (Wildman–Crippen LogP) is 3.83. The molecule has 140 valence electrons. The third kappa shape index (κ3) is 3.25. The summed E-state index contributed by atoms with van der Waals surface area (Å²) in [6.07, 6.45) is 3.41. The van der Waals surface area contributed by atoms with E-state index in [-0.39, 0.29) is 0 Å². The first-order valence-corrected chi connectivity index (χ1v) is 8.86. The number of fused-ring (bicyclic) bond motifs is 1. The highest BCUT2D eigenvalue weighted by atomic mass is 16.5. The number of hydrogen-bond donors (Lipinski definition) is 1. The zero-order chi connectivity index (χ0) is 19.5. The van der Waals surface area contributed by atoms with E-state index in [9.17, 15) is 0 Å². The molecule has 0 bridgehead atoms. The van der Waals surface area contributed by atoms with Gasteiger partial charge in [0.15, 0.2) is 11.5 Å². The Balaban J connectivity index is 1.85. The number of pyridine rings is 1. The molecule has 0 aliphatic rings. The summed E-state index contributed by atoms with van der Waals surface area (Å²) >= 11 is 0. The highest BCUT2D eigenvalue weighted by molar-refractivity contribution is 5.95. The van der Waals surface area contributed by atoms with Crippen LogP contribution in [0.5, 0.6) is 11.5 Å². The molecule has 4 aromatic rings. The average Bonchev–Trinajstić information content (AvgIpc) is 2.78. The number of rotatable bonds is 5. The monoisotopic (exact) mass is 372 g/mol. The topological polar surface area (TPSA) is 83.2 Å². The normalized spacial score (nSPS) is 10.8. The summed E-state index contributed by atoms with van der Waals surface area (Å²) in [4.78, 5) is 13.3. The van der Waals surface area contributed by atoms with Crippen LogP contribution in [0.25, 0.3) is 33.3 Å². The van der Waals surface area contributed by atoms with E-state index in [0.29, 0.717) is 18.0 Å². The smallest absolute Gasteiger partial charge is 0.161 e. The van der Waals surface area contributed by atoms with Crippen molar-refractivity contribution in [3.05, 3.63) is 66.7 Å². The van der Waals surface area contributed by atoms with Crippen molar-refractivity contribution in [2.75, 3.05) is 14.2 Å². The van der Waals surface area contributed by atoms with Gasteiger partial charge in [0.25, 0.3) is 0 Å². The maximum atomic E-state index is 5.64. The molecule has 2 N–H and O–H groups in total. The van der Waals surface area contributed by atoms with E-state index >= 15 is 0 Å². The summed E-state index contributed by atoms with van der Waals surface area (Å²) in [5.74, 6) is 1.33. The van der Waals surface area contributed by atoms with Crippen LogP contribution in [0.4, 0.5) is 0 Å². The van der Waals surface area contributed by atoms with Crippen molar-refractivity contribution in [2.45, 2.75) is 6.54 Å². The minimum atomic E-state index is 0.426. The van der Waals surface area contributed by atoms with Crippen LogP contribution < -0.4 is 15.2 Å². The second-order valence-electron chi connectivity index (χ2n) is 6.27.